The van der Waals surface area contributed by atoms with Gasteiger partial charge in [0.1, 0.15) is 0 Å². The fraction of sp³-hybridized carbons (Fsp3) is 0.750. The van der Waals surface area contributed by atoms with E-state index in [4.69, 9.17) is 0 Å². The van der Waals surface area contributed by atoms with Gasteiger partial charge in [-0.05, 0) is 0 Å². The molecule has 0 aliphatic heterocycles. The standard InChI is InChI=1S/C4H10N2O2/c1-5-6-4(7-2)8-3/h5H,1-3H3. The molecule has 0 radical (unpaired) electrons. The summed E-state index contributed by atoms with van der Waals surface area (Å²) in [6.45, 7) is 0. The van der Waals surface area contributed by atoms with Gasteiger partial charge in [-0.25, -0.2) is 0 Å². The highest BCUT2D eigenvalue weighted by atomic mass is 16.7. The Morgan fingerprint density at radius 1 is 1.38 bits per heavy atom. The second-order valence-corrected chi connectivity index (χ2v) is 1.01. The van der Waals surface area contributed by atoms with Crippen molar-refractivity contribution in [2.45, 2.75) is 0 Å². The Balaban J connectivity index is 3.49. The summed E-state index contributed by atoms with van der Waals surface area (Å²) in [7, 11) is 4.64. The van der Waals surface area contributed by atoms with Gasteiger partial charge in [0.15, 0.2) is 0 Å². The quantitative estimate of drug-likeness (QED) is 0.294. The first kappa shape index (κ1) is 7.07. The molecule has 4 nitrogen and oxygen atoms in total. The predicted molar refractivity (Wildman–Crippen MR) is 30.5 cm³/mol. The van der Waals surface area contributed by atoms with E-state index in [2.05, 4.69) is 20.0 Å². The maximum Gasteiger partial charge on any atom is 0.404 e. The van der Waals surface area contributed by atoms with Crippen LogP contribution >= 0.6 is 0 Å². The van der Waals surface area contributed by atoms with Gasteiger partial charge >= 0.3 is 6.08 Å². The van der Waals surface area contributed by atoms with Gasteiger partial charge < -0.3 is 14.9 Å². The lowest BCUT2D eigenvalue weighted by molar-refractivity contribution is 0.238. The molecule has 0 aliphatic carbocycles. The van der Waals surface area contributed by atoms with Crippen molar-refractivity contribution in [3.05, 3.63) is 0 Å². The van der Waals surface area contributed by atoms with E-state index in [-0.39, 0.29) is 6.08 Å². The Bertz CT molecular complexity index is 76.1. The first-order chi connectivity index (χ1) is 3.85. The summed E-state index contributed by atoms with van der Waals surface area (Å²) in [4.78, 5) is 0. The Kier molecular flexibility index (Phi) is 3.74. The van der Waals surface area contributed by atoms with E-state index >= 15 is 0 Å². The van der Waals surface area contributed by atoms with Gasteiger partial charge in [0, 0.05) is 7.05 Å². The number of nitrogens with one attached hydrogen (secondary N) is 1. The smallest absolute Gasteiger partial charge is 0.404 e. The molecular formula is C4H10N2O2. The van der Waals surface area contributed by atoms with Gasteiger partial charge in [-0.2, -0.15) is 0 Å². The number of hydrazone groups is 1. The van der Waals surface area contributed by atoms with E-state index in [0.717, 1.165) is 0 Å². The van der Waals surface area contributed by atoms with Crippen LogP contribution in [0.2, 0.25) is 0 Å². The van der Waals surface area contributed by atoms with Crippen molar-refractivity contribution in [3.63, 3.8) is 0 Å². The van der Waals surface area contributed by atoms with Crippen LogP contribution in [0, 0.1) is 0 Å². The van der Waals surface area contributed by atoms with Gasteiger partial charge in [0.25, 0.3) is 0 Å². The van der Waals surface area contributed by atoms with Crippen molar-refractivity contribution in [3.8, 4) is 0 Å². The van der Waals surface area contributed by atoms with Gasteiger partial charge in [-0.3, -0.25) is 0 Å². The maximum absolute atomic E-state index is 4.61. The highest BCUT2D eigenvalue weighted by molar-refractivity contribution is 5.65. The Morgan fingerprint density at radius 2 is 1.88 bits per heavy atom. The Morgan fingerprint density at radius 3 is 2.00 bits per heavy atom. The van der Waals surface area contributed by atoms with Crippen molar-refractivity contribution >= 4 is 6.08 Å². The first-order valence-electron chi connectivity index (χ1n) is 2.17. The second kappa shape index (κ2) is 4.23. The van der Waals surface area contributed by atoms with E-state index in [1.165, 1.54) is 14.2 Å². The van der Waals surface area contributed by atoms with E-state index in [0.29, 0.717) is 0 Å². The van der Waals surface area contributed by atoms with Gasteiger partial charge in [-0.1, -0.05) is 0 Å². The zero-order chi connectivity index (χ0) is 6.41. The predicted octanol–water partition coefficient (Wildman–Crippen LogP) is -0.230. The normalized spacial score (nSPS) is 7.38. The lowest BCUT2D eigenvalue weighted by atomic mass is 11.2. The molecule has 1 N–H and O–H groups in total. The Hall–Kier alpha value is -0.930. The summed E-state index contributed by atoms with van der Waals surface area (Å²) in [5, 5.41) is 3.58. The van der Waals surface area contributed by atoms with Crippen LogP contribution in [0.5, 0.6) is 0 Å². The highest BCUT2D eigenvalue weighted by Crippen LogP contribution is 1.75. The molecule has 0 amide bonds. The molecule has 0 aliphatic rings. The average Bonchev–Trinajstić information content (AvgIpc) is 1.83. The van der Waals surface area contributed by atoms with Crippen LogP contribution in [0.1, 0.15) is 0 Å². The third-order valence-corrected chi connectivity index (χ3v) is 0.552. The molecule has 0 saturated carbocycles. The van der Waals surface area contributed by atoms with Crippen molar-refractivity contribution in [1.29, 1.82) is 0 Å². The SMILES string of the molecule is CNN=C(OC)OC. The monoisotopic (exact) mass is 118 g/mol. The highest BCUT2D eigenvalue weighted by Gasteiger charge is 1.89. The topological polar surface area (TPSA) is 42.9 Å². The number of hydrogen-bond acceptors (Lipinski definition) is 4. The lowest BCUT2D eigenvalue weighted by Gasteiger charge is -1.98. The fourth-order valence-corrected chi connectivity index (χ4v) is 0.266. The molecule has 0 heterocycles. The average molecular weight is 118 g/mol. The summed E-state index contributed by atoms with van der Waals surface area (Å²) in [5.41, 5.74) is 2.51. The largest absolute Gasteiger partial charge is 0.453 e. The molecule has 0 spiro atoms. The van der Waals surface area contributed by atoms with E-state index in [1.807, 2.05) is 0 Å². The van der Waals surface area contributed by atoms with Crippen LogP contribution in [0.15, 0.2) is 5.10 Å². The summed E-state index contributed by atoms with van der Waals surface area (Å²) >= 11 is 0. The van der Waals surface area contributed by atoms with Crippen LogP contribution in [-0.4, -0.2) is 27.4 Å². The van der Waals surface area contributed by atoms with E-state index < -0.39 is 0 Å². The second-order valence-electron chi connectivity index (χ2n) is 1.01. The minimum absolute atomic E-state index is 0.229. The molecule has 0 atom stereocenters. The Labute approximate surface area is 48.5 Å². The van der Waals surface area contributed by atoms with Gasteiger partial charge in [0.2, 0.25) is 0 Å². The summed E-state index contributed by atoms with van der Waals surface area (Å²) in [6.07, 6.45) is 0.229. The molecule has 0 aromatic rings. The van der Waals surface area contributed by atoms with Crippen molar-refractivity contribution in [1.82, 2.24) is 5.43 Å². The van der Waals surface area contributed by atoms with E-state index in [1.54, 1.807) is 7.05 Å². The van der Waals surface area contributed by atoms with Crippen LogP contribution in [-0.2, 0) is 9.47 Å². The molecule has 0 fully saturated rings. The van der Waals surface area contributed by atoms with E-state index in [9.17, 15) is 0 Å². The summed E-state index contributed by atoms with van der Waals surface area (Å²) < 4.78 is 9.21. The molecule has 8 heavy (non-hydrogen) atoms. The van der Waals surface area contributed by atoms with Crippen LogP contribution in [0.4, 0.5) is 0 Å². The van der Waals surface area contributed by atoms with Gasteiger partial charge in [-0.15, -0.1) is 5.10 Å². The molecule has 0 aromatic carbocycles. The lowest BCUT2D eigenvalue weighted by Crippen LogP contribution is -2.08. The van der Waals surface area contributed by atoms with Crippen LogP contribution in [0.3, 0.4) is 0 Å². The van der Waals surface area contributed by atoms with Crippen LogP contribution < -0.4 is 5.43 Å². The molecule has 0 bridgehead atoms. The number of rotatable bonds is 1. The third-order valence-electron chi connectivity index (χ3n) is 0.552. The number of nitrogens with zero attached hydrogens (tertiary/aromatic N) is 1. The van der Waals surface area contributed by atoms with Crippen LogP contribution in [0.25, 0.3) is 0 Å². The third kappa shape index (κ3) is 2.28. The summed E-state index contributed by atoms with van der Waals surface area (Å²) in [6, 6.07) is 0. The van der Waals surface area contributed by atoms with Crippen molar-refractivity contribution < 1.29 is 9.47 Å². The van der Waals surface area contributed by atoms with Crippen molar-refractivity contribution in [2.24, 2.45) is 5.10 Å². The molecular weight excluding hydrogens is 108 g/mol. The number of hydrogen-bond donors (Lipinski definition) is 1. The first-order valence-corrected chi connectivity index (χ1v) is 2.17. The fourth-order valence-electron chi connectivity index (χ4n) is 0.266. The maximum atomic E-state index is 4.61. The van der Waals surface area contributed by atoms with Gasteiger partial charge in [0.05, 0.1) is 14.2 Å². The molecule has 0 aromatic heterocycles. The molecule has 4 heteroatoms. The molecule has 0 saturated heterocycles. The zero-order valence-corrected chi connectivity index (χ0v) is 5.26. The number of ether oxygens (including phenoxy) is 2. The zero-order valence-electron chi connectivity index (χ0n) is 5.26. The summed E-state index contributed by atoms with van der Waals surface area (Å²) in [5.74, 6) is 0. The number of methoxy groups -OCH3 is 2. The molecule has 48 valence electrons. The van der Waals surface area contributed by atoms with Crippen molar-refractivity contribution in [2.75, 3.05) is 21.3 Å². The minimum atomic E-state index is 0.229. The molecule has 0 unspecified atom stereocenters. The minimum Gasteiger partial charge on any atom is -0.453 e. The molecule has 0 rings (SSSR count).